The fourth-order valence-corrected chi connectivity index (χ4v) is 2.89. The summed E-state index contributed by atoms with van der Waals surface area (Å²) >= 11 is 1.66. The summed E-state index contributed by atoms with van der Waals surface area (Å²) in [5, 5.41) is 5.33. The van der Waals surface area contributed by atoms with Crippen LogP contribution >= 0.6 is 11.3 Å². The van der Waals surface area contributed by atoms with E-state index in [1.807, 2.05) is 29.6 Å². The van der Waals surface area contributed by atoms with Crippen LogP contribution in [0.2, 0.25) is 0 Å². The van der Waals surface area contributed by atoms with Crippen LogP contribution in [0, 0.1) is 0 Å². The number of carbonyl (C=O) groups excluding carboxylic acids is 1. The van der Waals surface area contributed by atoms with Crippen molar-refractivity contribution >= 4 is 28.1 Å². The number of hydrogen-bond acceptors (Lipinski definition) is 3. The average Bonchev–Trinajstić information content (AvgIpc) is 3.01. The van der Waals surface area contributed by atoms with Crippen molar-refractivity contribution in [2.75, 3.05) is 6.54 Å². The van der Waals surface area contributed by atoms with E-state index in [4.69, 9.17) is 0 Å². The summed E-state index contributed by atoms with van der Waals surface area (Å²) in [4.78, 5) is 28.6. The maximum absolute atomic E-state index is 12.3. The largest absolute Gasteiger partial charge is 0.360 e. The summed E-state index contributed by atoms with van der Waals surface area (Å²) in [6, 6.07) is 11.2. The molecule has 0 saturated carbocycles. The molecule has 106 valence electrons. The minimum absolute atomic E-state index is 0.153. The standard InChI is InChI=1S/C16H14N2O2S/c19-15-12-5-1-2-6-14(12)18-10-13(15)16(20)17-8-7-11-4-3-9-21-11/h1-6,9-10H,7-8H2,(H,17,20)(H,18,19). The van der Waals surface area contributed by atoms with E-state index in [1.165, 1.54) is 11.1 Å². The fraction of sp³-hybridized carbons (Fsp3) is 0.125. The van der Waals surface area contributed by atoms with Crippen molar-refractivity contribution < 1.29 is 4.79 Å². The Morgan fingerprint density at radius 2 is 2.05 bits per heavy atom. The van der Waals surface area contributed by atoms with Gasteiger partial charge in [0, 0.05) is 28.5 Å². The number of H-pyrrole nitrogens is 1. The minimum Gasteiger partial charge on any atom is -0.360 e. The molecular formula is C16H14N2O2S. The number of aromatic nitrogens is 1. The van der Waals surface area contributed by atoms with Crippen molar-refractivity contribution in [1.29, 1.82) is 0 Å². The van der Waals surface area contributed by atoms with Crippen molar-refractivity contribution in [1.82, 2.24) is 10.3 Å². The minimum atomic E-state index is -0.335. The first-order chi connectivity index (χ1) is 10.3. The molecule has 0 bridgehead atoms. The summed E-state index contributed by atoms with van der Waals surface area (Å²) in [6.45, 7) is 0.519. The van der Waals surface area contributed by atoms with Crippen molar-refractivity contribution in [2.24, 2.45) is 0 Å². The van der Waals surface area contributed by atoms with Gasteiger partial charge in [-0.05, 0) is 30.0 Å². The van der Waals surface area contributed by atoms with E-state index in [2.05, 4.69) is 10.3 Å². The Bertz CT molecular complexity index is 822. The number of pyridine rings is 1. The van der Waals surface area contributed by atoms with Gasteiger partial charge in [0.2, 0.25) is 5.43 Å². The molecule has 3 rings (SSSR count). The van der Waals surface area contributed by atoms with E-state index in [1.54, 1.807) is 23.5 Å². The number of para-hydroxylation sites is 1. The Hall–Kier alpha value is -2.40. The molecule has 5 heteroatoms. The molecule has 2 aromatic heterocycles. The molecule has 1 aromatic carbocycles. The Morgan fingerprint density at radius 1 is 1.19 bits per heavy atom. The predicted molar refractivity (Wildman–Crippen MR) is 84.9 cm³/mol. The number of thiophene rings is 1. The van der Waals surface area contributed by atoms with Gasteiger partial charge in [-0.2, -0.15) is 0 Å². The lowest BCUT2D eigenvalue weighted by atomic mass is 10.1. The molecule has 2 heterocycles. The monoisotopic (exact) mass is 298 g/mol. The molecule has 1 amide bonds. The van der Waals surface area contributed by atoms with E-state index in [9.17, 15) is 9.59 Å². The molecule has 0 aliphatic rings. The molecule has 0 radical (unpaired) electrons. The second-order valence-corrected chi connectivity index (χ2v) is 5.69. The van der Waals surface area contributed by atoms with Crippen LogP contribution in [-0.4, -0.2) is 17.4 Å². The van der Waals surface area contributed by atoms with Crippen LogP contribution in [-0.2, 0) is 6.42 Å². The number of aromatic amines is 1. The smallest absolute Gasteiger partial charge is 0.256 e. The van der Waals surface area contributed by atoms with Gasteiger partial charge in [0.15, 0.2) is 0 Å². The maximum Gasteiger partial charge on any atom is 0.256 e. The second-order valence-electron chi connectivity index (χ2n) is 4.66. The number of carbonyl (C=O) groups is 1. The van der Waals surface area contributed by atoms with Crippen LogP contribution in [0.5, 0.6) is 0 Å². The fourth-order valence-electron chi connectivity index (χ4n) is 2.19. The molecule has 0 saturated heterocycles. The number of amides is 1. The van der Waals surface area contributed by atoms with Gasteiger partial charge in [0.25, 0.3) is 5.91 Å². The van der Waals surface area contributed by atoms with Crippen molar-refractivity contribution in [2.45, 2.75) is 6.42 Å². The lowest BCUT2D eigenvalue weighted by Gasteiger charge is -2.05. The molecule has 0 atom stereocenters. The van der Waals surface area contributed by atoms with E-state index >= 15 is 0 Å². The Balaban J connectivity index is 1.75. The van der Waals surface area contributed by atoms with Crippen LogP contribution < -0.4 is 10.7 Å². The number of hydrogen-bond donors (Lipinski definition) is 2. The third-order valence-corrected chi connectivity index (χ3v) is 4.21. The zero-order valence-electron chi connectivity index (χ0n) is 11.3. The van der Waals surface area contributed by atoms with Gasteiger partial charge in [-0.15, -0.1) is 11.3 Å². The molecule has 0 aliphatic carbocycles. The van der Waals surface area contributed by atoms with Gasteiger partial charge >= 0.3 is 0 Å². The lowest BCUT2D eigenvalue weighted by molar-refractivity contribution is 0.0953. The molecule has 2 N–H and O–H groups in total. The summed E-state index contributed by atoms with van der Waals surface area (Å²) < 4.78 is 0. The Kier molecular flexibility index (Phi) is 3.83. The van der Waals surface area contributed by atoms with Gasteiger partial charge in [-0.25, -0.2) is 0 Å². The van der Waals surface area contributed by atoms with Crippen LogP contribution in [0.3, 0.4) is 0 Å². The zero-order valence-corrected chi connectivity index (χ0v) is 12.1. The van der Waals surface area contributed by atoms with Crippen LogP contribution in [0.15, 0.2) is 52.8 Å². The lowest BCUT2D eigenvalue weighted by Crippen LogP contribution is -2.30. The number of fused-ring (bicyclic) bond motifs is 1. The second kappa shape index (κ2) is 5.93. The summed E-state index contributed by atoms with van der Waals surface area (Å²) in [5.74, 6) is -0.335. The first kappa shape index (κ1) is 13.6. The van der Waals surface area contributed by atoms with Gasteiger partial charge in [-0.3, -0.25) is 9.59 Å². The Morgan fingerprint density at radius 3 is 2.86 bits per heavy atom. The van der Waals surface area contributed by atoms with E-state index in [0.717, 1.165) is 11.9 Å². The molecule has 0 aliphatic heterocycles. The highest BCUT2D eigenvalue weighted by atomic mass is 32.1. The van der Waals surface area contributed by atoms with Crippen molar-refractivity contribution in [3.63, 3.8) is 0 Å². The normalized spacial score (nSPS) is 10.7. The van der Waals surface area contributed by atoms with Crippen LogP contribution in [0.25, 0.3) is 10.9 Å². The molecule has 0 spiro atoms. The first-order valence-corrected chi connectivity index (χ1v) is 7.54. The zero-order chi connectivity index (χ0) is 14.7. The molecule has 0 fully saturated rings. The molecular weight excluding hydrogens is 284 g/mol. The van der Waals surface area contributed by atoms with Crippen molar-refractivity contribution in [3.05, 3.63) is 68.6 Å². The third kappa shape index (κ3) is 2.87. The third-order valence-electron chi connectivity index (χ3n) is 3.27. The topological polar surface area (TPSA) is 62.0 Å². The highest BCUT2D eigenvalue weighted by Crippen LogP contribution is 2.09. The summed E-state index contributed by atoms with van der Waals surface area (Å²) in [7, 11) is 0. The number of benzene rings is 1. The maximum atomic E-state index is 12.3. The highest BCUT2D eigenvalue weighted by molar-refractivity contribution is 7.09. The van der Waals surface area contributed by atoms with Gasteiger partial charge in [0.05, 0.1) is 0 Å². The highest BCUT2D eigenvalue weighted by Gasteiger charge is 2.12. The molecule has 4 nitrogen and oxygen atoms in total. The molecule has 21 heavy (non-hydrogen) atoms. The van der Waals surface area contributed by atoms with E-state index < -0.39 is 0 Å². The van der Waals surface area contributed by atoms with Crippen LogP contribution in [0.4, 0.5) is 0 Å². The number of rotatable bonds is 4. The summed E-state index contributed by atoms with van der Waals surface area (Å²) in [6.07, 6.45) is 2.25. The number of nitrogens with one attached hydrogen (secondary N) is 2. The van der Waals surface area contributed by atoms with Crippen LogP contribution in [0.1, 0.15) is 15.2 Å². The average molecular weight is 298 g/mol. The van der Waals surface area contributed by atoms with Crippen molar-refractivity contribution in [3.8, 4) is 0 Å². The predicted octanol–water partition coefficient (Wildman–Crippen LogP) is 2.56. The first-order valence-electron chi connectivity index (χ1n) is 6.67. The summed E-state index contributed by atoms with van der Waals surface area (Å²) in [5.41, 5.74) is 0.649. The molecule has 3 aromatic rings. The molecule has 0 unspecified atom stereocenters. The van der Waals surface area contributed by atoms with Gasteiger partial charge in [0.1, 0.15) is 5.56 Å². The van der Waals surface area contributed by atoms with E-state index in [0.29, 0.717) is 11.9 Å². The van der Waals surface area contributed by atoms with Gasteiger partial charge < -0.3 is 10.3 Å². The quantitative estimate of drug-likeness (QED) is 0.777. The van der Waals surface area contributed by atoms with E-state index in [-0.39, 0.29) is 16.9 Å². The SMILES string of the molecule is O=C(NCCc1cccs1)c1c[nH]c2ccccc2c1=O. The Labute approximate surface area is 125 Å². The van der Waals surface area contributed by atoms with Gasteiger partial charge in [-0.1, -0.05) is 18.2 Å².